The molecule has 0 atom stereocenters. The molecule has 0 saturated heterocycles. The van der Waals surface area contributed by atoms with Gasteiger partial charge in [0.2, 0.25) is 5.84 Å². The number of benzene rings is 2. The predicted molar refractivity (Wildman–Crippen MR) is 90.0 cm³/mol. The number of hydrogen-bond donors (Lipinski definition) is 2. The van der Waals surface area contributed by atoms with Crippen LogP contribution in [-0.4, -0.2) is 23.3 Å². The number of nitro groups is 1. The fourth-order valence-corrected chi connectivity index (χ4v) is 1.78. The number of para-hydroxylation sites is 1. The third-order valence-corrected chi connectivity index (χ3v) is 2.85. The minimum atomic E-state index is -0.674. The summed E-state index contributed by atoms with van der Waals surface area (Å²) in [6, 6.07) is 14.8. The number of anilines is 1. The number of esters is 1. The number of carbonyl (C=O) groups excluding carboxylic acids is 1. The summed E-state index contributed by atoms with van der Waals surface area (Å²) in [7, 11) is 0. The van der Waals surface area contributed by atoms with Crippen LogP contribution in [0.4, 0.5) is 17.1 Å². The van der Waals surface area contributed by atoms with Gasteiger partial charge in [-0.2, -0.15) is 0 Å². The van der Waals surface area contributed by atoms with Gasteiger partial charge in [-0.25, -0.2) is 9.79 Å². The number of carbonyl (C=O) groups is 1. The first-order chi connectivity index (χ1) is 11.6. The van der Waals surface area contributed by atoms with Gasteiger partial charge in [0.25, 0.3) is 5.69 Å². The summed E-state index contributed by atoms with van der Waals surface area (Å²) in [6.07, 6.45) is 0. The Morgan fingerprint density at radius 2 is 1.96 bits per heavy atom. The van der Waals surface area contributed by atoms with E-state index in [1.807, 2.05) is 18.2 Å². The van der Waals surface area contributed by atoms with Crippen LogP contribution in [0, 0.1) is 10.1 Å². The van der Waals surface area contributed by atoms with E-state index in [1.54, 1.807) is 25.1 Å². The minimum Gasteiger partial charge on any atom is -0.460 e. The van der Waals surface area contributed by atoms with Crippen LogP contribution in [0.25, 0.3) is 0 Å². The molecule has 0 aliphatic heterocycles. The molecular weight excluding hydrogens is 312 g/mol. The average Bonchev–Trinajstić information content (AvgIpc) is 2.60. The zero-order valence-corrected chi connectivity index (χ0v) is 12.9. The number of non-ortho nitro benzene ring substituents is 1. The molecule has 0 aromatic heterocycles. The quantitative estimate of drug-likeness (QED) is 0.287. The highest BCUT2D eigenvalue weighted by atomic mass is 16.6. The van der Waals surface area contributed by atoms with Crippen molar-refractivity contribution in [2.45, 2.75) is 6.92 Å². The lowest BCUT2D eigenvalue weighted by molar-refractivity contribution is -0.384. The van der Waals surface area contributed by atoms with Gasteiger partial charge in [0.05, 0.1) is 22.9 Å². The Hall–Kier alpha value is -3.42. The molecule has 2 aromatic rings. The molecule has 0 bridgehead atoms. The number of hydrazine groups is 1. The van der Waals surface area contributed by atoms with Gasteiger partial charge in [-0.3, -0.25) is 21.0 Å². The zero-order valence-electron chi connectivity index (χ0n) is 12.9. The molecule has 0 aliphatic carbocycles. The first kappa shape index (κ1) is 16.9. The van der Waals surface area contributed by atoms with E-state index in [2.05, 4.69) is 15.8 Å². The highest BCUT2D eigenvalue weighted by Crippen LogP contribution is 2.19. The molecule has 0 spiro atoms. The average molecular weight is 328 g/mol. The summed E-state index contributed by atoms with van der Waals surface area (Å²) >= 11 is 0. The van der Waals surface area contributed by atoms with Gasteiger partial charge >= 0.3 is 5.97 Å². The van der Waals surface area contributed by atoms with Crippen LogP contribution < -0.4 is 10.9 Å². The van der Waals surface area contributed by atoms with Crippen molar-refractivity contribution in [3.8, 4) is 0 Å². The van der Waals surface area contributed by atoms with E-state index in [0.29, 0.717) is 5.69 Å². The van der Waals surface area contributed by atoms with Crippen molar-refractivity contribution in [2.24, 2.45) is 4.99 Å². The molecule has 0 saturated carbocycles. The van der Waals surface area contributed by atoms with E-state index >= 15 is 0 Å². The summed E-state index contributed by atoms with van der Waals surface area (Å²) in [4.78, 5) is 26.4. The fraction of sp³-hybridized carbons (Fsp3) is 0.125. The maximum atomic E-state index is 12.0. The summed E-state index contributed by atoms with van der Waals surface area (Å²) in [5, 5.41) is 10.8. The Labute approximate surface area is 138 Å². The molecule has 0 heterocycles. The zero-order chi connectivity index (χ0) is 17.4. The molecule has 8 nitrogen and oxygen atoms in total. The molecule has 0 fully saturated rings. The van der Waals surface area contributed by atoms with E-state index in [4.69, 9.17) is 4.74 Å². The number of nitro benzene ring substituents is 1. The maximum Gasteiger partial charge on any atom is 0.375 e. The van der Waals surface area contributed by atoms with Crippen molar-refractivity contribution < 1.29 is 14.5 Å². The van der Waals surface area contributed by atoms with Gasteiger partial charge in [0.15, 0.2) is 0 Å². The lowest BCUT2D eigenvalue weighted by Crippen LogP contribution is -2.36. The lowest BCUT2D eigenvalue weighted by Gasteiger charge is -2.11. The lowest BCUT2D eigenvalue weighted by atomic mass is 10.3. The normalized spacial score (nSPS) is 10.8. The molecule has 2 rings (SSSR count). The van der Waals surface area contributed by atoms with Crippen LogP contribution in [0.2, 0.25) is 0 Å². The van der Waals surface area contributed by atoms with Crippen molar-refractivity contribution in [1.82, 2.24) is 5.43 Å². The number of hydrogen-bond acceptors (Lipinski definition) is 6. The number of nitrogens with one attached hydrogen (secondary N) is 2. The van der Waals surface area contributed by atoms with Crippen molar-refractivity contribution in [2.75, 3.05) is 12.0 Å². The first-order valence-electron chi connectivity index (χ1n) is 7.17. The van der Waals surface area contributed by atoms with Crippen molar-refractivity contribution in [3.63, 3.8) is 0 Å². The number of nitrogens with zero attached hydrogens (tertiary/aromatic N) is 2. The van der Waals surface area contributed by atoms with Gasteiger partial charge in [0.1, 0.15) is 0 Å². The Morgan fingerprint density at radius 3 is 2.62 bits per heavy atom. The number of rotatable bonds is 5. The van der Waals surface area contributed by atoms with Gasteiger partial charge in [-0.1, -0.05) is 24.3 Å². The molecule has 0 radical (unpaired) electrons. The Bertz CT molecular complexity index is 747. The molecule has 0 aliphatic rings. The molecule has 0 amide bonds. The first-order valence-corrected chi connectivity index (χ1v) is 7.17. The van der Waals surface area contributed by atoms with E-state index in [1.165, 1.54) is 18.2 Å². The number of amidine groups is 1. The van der Waals surface area contributed by atoms with Gasteiger partial charge < -0.3 is 4.74 Å². The third-order valence-electron chi connectivity index (χ3n) is 2.85. The van der Waals surface area contributed by atoms with Crippen molar-refractivity contribution in [3.05, 3.63) is 64.7 Å². The molecule has 124 valence electrons. The summed E-state index contributed by atoms with van der Waals surface area (Å²) in [6.45, 7) is 1.85. The van der Waals surface area contributed by atoms with Crippen LogP contribution in [0.15, 0.2) is 59.6 Å². The van der Waals surface area contributed by atoms with Crippen LogP contribution in [-0.2, 0) is 9.53 Å². The maximum absolute atomic E-state index is 12.0. The van der Waals surface area contributed by atoms with Gasteiger partial charge in [-0.15, -0.1) is 0 Å². The molecule has 0 unspecified atom stereocenters. The van der Waals surface area contributed by atoms with Crippen LogP contribution in [0.1, 0.15) is 6.92 Å². The van der Waals surface area contributed by atoms with Crippen molar-refractivity contribution in [1.29, 1.82) is 0 Å². The second-order valence-electron chi connectivity index (χ2n) is 4.57. The van der Waals surface area contributed by atoms with Gasteiger partial charge in [0, 0.05) is 12.1 Å². The molecule has 8 heteroatoms. The Balaban J connectivity index is 2.23. The summed E-state index contributed by atoms with van der Waals surface area (Å²) < 4.78 is 4.94. The van der Waals surface area contributed by atoms with Gasteiger partial charge in [-0.05, 0) is 25.1 Å². The highest BCUT2D eigenvalue weighted by Gasteiger charge is 2.14. The standard InChI is InChI=1S/C16H16N4O4/c1-2-24-16(21)15(19-18-12-7-4-3-5-8-12)17-13-9-6-10-14(11-13)20(22)23/h3-11,18H,2H2,1H3,(H,17,19). The van der Waals surface area contributed by atoms with Crippen LogP contribution in [0.3, 0.4) is 0 Å². The minimum absolute atomic E-state index is 0.110. The van der Waals surface area contributed by atoms with Crippen LogP contribution >= 0.6 is 0 Å². The summed E-state index contributed by atoms with van der Waals surface area (Å²) in [5.41, 5.74) is 6.36. The topological polar surface area (TPSA) is 106 Å². The van der Waals surface area contributed by atoms with E-state index in [9.17, 15) is 14.9 Å². The largest absolute Gasteiger partial charge is 0.460 e. The Kier molecular flexibility index (Phi) is 5.84. The number of ether oxygens (including phenoxy) is 1. The third kappa shape index (κ3) is 4.80. The predicted octanol–water partition coefficient (Wildman–Crippen LogP) is 2.80. The second kappa shape index (κ2) is 8.28. The molecular formula is C16H16N4O4. The number of aliphatic imine (C=N–C) groups is 1. The Morgan fingerprint density at radius 1 is 1.21 bits per heavy atom. The molecule has 2 aromatic carbocycles. The SMILES string of the molecule is CCOC(=O)C(=Nc1cccc([N+](=O)[O-])c1)NNc1ccccc1. The highest BCUT2D eigenvalue weighted by molar-refractivity contribution is 6.36. The van der Waals surface area contributed by atoms with E-state index in [-0.39, 0.29) is 23.8 Å². The second-order valence-corrected chi connectivity index (χ2v) is 4.57. The summed E-state index contributed by atoms with van der Waals surface area (Å²) in [5.74, 6) is -0.784. The molecule has 2 N–H and O–H groups in total. The fourth-order valence-electron chi connectivity index (χ4n) is 1.78. The molecule has 24 heavy (non-hydrogen) atoms. The monoisotopic (exact) mass is 328 g/mol. The van der Waals surface area contributed by atoms with E-state index < -0.39 is 10.9 Å². The van der Waals surface area contributed by atoms with Crippen LogP contribution in [0.5, 0.6) is 0 Å². The smallest absolute Gasteiger partial charge is 0.375 e. The van der Waals surface area contributed by atoms with E-state index in [0.717, 1.165) is 0 Å². The van der Waals surface area contributed by atoms with Crippen molar-refractivity contribution >= 4 is 28.9 Å².